The average Bonchev–Trinajstić information content (AvgIpc) is 2.65. The second kappa shape index (κ2) is 4.06. The van der Waals surface area contributed by atoms with E-state index < -0.39 is 0 Å². The third kappa shape index (κ3) is 1.84. The van der Waals surface area contributed by atoms with Gasteiger partial charge in [-0.15, -0.1) is 0 Å². The molecule has 0 spiro atoms. The average molecular weight is 218 g/mol. The molecule has 0 aromatic rings. The Bertz CT molecular complexity index is 456. The Labute approximate surface area is 94.6 Å². The highest BCUT2D eigenvalue weighted by Gasteiger charge is 2.22. The van der Waals surface area contributed by atoms with E-state index >= 15 is 0 Å². The molecule has 0 aromatic carbocycles. The van der Waals surface area contributed by atoms with Crippen molar-refractivity contribution in [2.75, 3.05) is 14.2 Å². The van der Waals surface area contributed by atoms with Crippen LogP contribution < -0.4 is 0 Å². The molecule has 0 N–H and O–H groups in total. The summed E-state index contributed by atoms with van der Waals surface area (Å²) in [6, 6.07) is 0. The second-order valence-electron chi connectivity index (χ2n) is 3.83. The first kappa shape index (κ1) is 10.8. The van der Waals surface area contributed by atoms with Gasteiger partial charge in [-0.2, -0.15) is 0 Å². The van der Waals surface area contributed by atoms with Gasteiger partial charge in [0.15, 0.2) is 0 Å². The van der Waals surface area contributed by atoms with Crippen LogP contribution in [0.15, 0.2) is 40.1 Å². The molecule has 0 aromatic heterocycles. The predicted octanol–water partition coefficient (Wildman–Crippen LogP) is 1.62. The third-order valence-corrected chi connectivity index (χ3v) is 2.67. The number of aliphatic imine (C=N–C) groups is 1. The largest absolute Gasteiger partial charge is 0.274 e. The van der Waals surface area contributed by atoms with Crippen molar-refractivity contribution in [1.82, 2.24) is 5.06 Å². The van der Waals surface area contributed by atoms with Gasteiger partial charge in [0.2, 0.25) is 0 Å². The number of hydrogen-bond acceptors (Lipinski definition) is 3. The van der Waals surface area contributed by atoms with E-state index in [9.17, 15) is 4.79 Å². The van der Waals surface area contributed by atoms with Crippen molar-refractivity contribution in [3.8, 4) is 0 Å². The number of nitrogens with zero attached hydrogens (tertiary/aromatic N) is 2. The van der Waals surface area contributed by atoms with Crippen LogP contribution in [0.25, 0.3) is 0 Å². The molecule has 2 aliphatic rings. The Hall–Kier alpha value is -1.68. The molecular formula is C12H14N2O2. The summed E-state index contributed by atoms with van der Waals surface area (Å²) < 4.78 is 0. The fraction of sp³-hybridized carbons (Fsp3) is 0.333. The number of hydroxylamine groups is 2. The summed E-state index contributed by atoms with van der Waals surface area (Å²) in [6.07, 6.45) is 6.33. The summed E-state index contributed by atoms with van der Waals surface area (Å²) in [6.45, 7) is 1.95. The van der Waals surface area contributed by atoms with Crippen molar-refractivity contribution in [3.05, 3.63) is 35.1 Å². The minimum absolute atomic E-state index is 0.108. The van der Waals surface area contributed by atoms with E-state index in [0.717, 1.165) is 22.6 Å². The van der Waals surface area contributed by atoms with Gasteiger partial charge in [0.25, 0.3) is 5.91 Å². The molecule has 0 fully saturated rings. The van der Waals surface area contributed by atoms with Crippen LogP contribution in [0.2, 0.25) is 0 Å². The Morgan fingerprint density at radius 3 is 2.94 bits per heavy atom. The first-order chi connectivity index (χ1) is 7.61. The van der Waals surface area contributed by atoms with E-state index in [-0.39, 0.29) is 5.91 Å². The minimum Gasteiger partial charge on any atom is -0.274 e. The Morgan fingerprint density at radius 2 is 2.25 bits per heavy atom. The van der Waals surface area contributed by atoms with Crippen LogP contribution >= 0.6 is 0 Å². The number of amides is 1. The van der Waals surface area contributed by atoms with Gasteiger partial charge in [-0.1, -0.05) is 6.08 Å². The summed E-state index contributed by atoms with van der Waals surface area (Å²) in [7, 11) is 3.08. The number of allylic oxidation sites excluding steroid dienone is 4. The van der Waals surface area contributed by atoms with Crippen molar-refractivity contribution in [2.24, 2.45) is 4.99 Å². The molecule has 4 nitrogen and oxygen atoms in total. The zero-order valence-electron chi connectivity index (χ0n) is 9.65. The molecule has 1 aliphatic heterocycles. The van der Waals surface area contributed by atoms with E-state index in [1.165, 1.54) is 12.2 Å². The monoisotopic (exact) mass is 218 g/mol. The maximum atomic E-state index is 11.8. The van der Waals surface area contributed by atoms with Gasteiger partial charge in [0, 0.05) is 24.8 Å². The topological polar surface area (TPSA) is 41.9 Å². The normalized spacial score (nSPS) is 18.2. The van der Waals surface area contributed by atoms with Crippen LogP contribution in [0, 0.1) is 0 Å². The highest BCUT2D eigenvalue weighted by molar-refractivity contribution is 6.00. The van der Waals surface area contributed by atoms with E-state index in [2.05, 4.69) is 4.99 Å². The smallest absolute Gasteiger partial charge is 0.273 e. The predicted molar refractivity (Wildman–Crippen MR) is 61.8 cm³/mol. The number of fused-ring (bicyclic) bond motifs is 1. The molecule has 1 aliphatic carbocycles. The van der Waals surface area contributed by atoms with E-state index in [4.69, 9.17) is 4.84 Å². The fourth-order valence-corrected chi connectivity index (χ4v) is 1.78. The van der Waals surface area contributed by atoms with Crippen LogP contribution in [-0.4, -0.2) is 30.8 Å². The van der Waals surface area contributed by atoms with Gasteiger partial charge < -0.3 is 0 Å². The molecule has 1 amide bonds. The third-order valence-electron chi connectivity index (χ3n) is 2.67. The van der Waals surface area contributed by atoms with E-state index in [1.807, 2.05) is 25.2 Å². The number of rotatable bonds is 2. The lowest BCUT2D eigenvalue weighted by molar-refractivity contribution is -0.164. The van der Waals surface area contributed by atoms with Gasteiger partial charge in [0.05, 0.1) is 12.8 Å². The maximum absolute atomic E-state index is 11.8. The molecule has 16 heavy (non-hydrogen) atoms. The minimum atomic E-state index is -0.108. The first-order valence-electron chi connectivity index (χ1n) is 5.11. The highest BCUT2D eigenvalue weighted by atomic mass is 16.7. The lowest BCUT2D eigenvalue weighted by atomic mass is 9.97. The van der Waals surface area contributed by atoms with Crippen molar-refractivity contribution < 1.29 is 9.63 Å². The highest BCUT2D eigenvalue weighted by Crippen LogP contribution is 2.30. The number of carbonyl (C=O) groups excluding carboxylic acids is 1. The quantitative estimate of drug-likeness (QED) is 0.661. The van der Waals surface area contributed by atoms with Crippen LogP contribution in [-0.2, 0) is 9.63 Å². The van der Waals surface area contributed by atoms with Crippen LogP contribution in [0.1, 0.15) is 13.3 Å². The first-order valence-corrected chi connectivity index (χ1v) is 5.11. The molecule has 84 valence electrons. The standard InChI is InChI=1S/C12H14N2O2/c1-8-6-10-7-9(4-5-11(10)13-8)12(15)14(2)16-3/h4-6H,7H2,1-3H3. The summed E-state index contributed by atoms with van der Waals surface area (Å²) in [5.41, 5.74) is 3.79. The summed E-state index contributed by atoms with van der Waals surface area (Å²) in [5, 5.41) is 1.23. The van der Waals surface area contributed by atoms with Gasteiger partial charge in [-0.25, -0.2) is 5.06 Å². The molecule has 0 unspecified atom stereocenters. The van der Waals surface area contributed by atoms with Gasteiger partial charge in [0.1, 0.15) is 0 Å². The van der Waals surface area contributed by atoms with Crippen molar-refractivity contribution >= 4 is 11.6 Å². The SMILES string of the molecule is CON(C)C(=O)C1=CC=C2N=C(C)C=C2C1. The maximum Gasteiger partial charge on any atom is 0.273 e. The van der Waals surface area contributed by atoms with Gasteiger partial charge >= 0.3 is 0 Å². The Kier molecular flexibility index (Phi) is 2.75. The van der Waals surface area contributed by atoms with E-state index in [1.54, 1.807) is 7.05 Å². The van der Waals surface area contributed by atoms with Crippen LogP contribution in [0.5, 0.6) is 0 Å². The number of likely N-dealkylation sites (N-methyl/N-ethyl adjacent to an activating group) is 1. The van der Waals surface area contributed by atoms with E-state index in [0.29, 0.717) is 6.42 Å². The molecule has 1 heterocycles. The second-order valence-corrected chi connectivity index (χ2v) is 3.83. The van der Waals surface area contributed by atoms with Gasteiger partial charge in [-0.05, 0) is 24.6 Å². The van der Waals surface area contributed by atoms with Crippen molar-refractivity contribution in [3.63, 3.8) is 0 Å². The van der Waals surface area contributed by atoms with Gasteiger partial charge in [-0.3, -0.25) is 14.6 Å². The zero-order chi connectivity index (χ0) is 11.7. The summed E-state index contributed by atoms with van der Waals surface area (Å²) in [5.74, 6) is -0.108. The van der Waals surface area contributed by atoms with Crippen molar-refractivity contribution in [1.29, 1.82) is 0 Å². The lowest BCUT2D eigenvalue weighted by Crippen LogP contribution is -2.27. The Morgan fingerprint density at radius 1 is 1.50 bits per heavy atom. The lowest BCUT2D eigenvalue weighted by Gasteiger charge is -2.18. The molecule has 0 saturated heterocycles. The molecule has 0 bridgehead atoms. The molecule has 0 atom stereocenters. The number of carbonyl (C=O) groups is 1. The molecule has 4 heteroatoms. The summed E-state index contributed by atoms with van der Waals surface area (Å²) >= 11 is 0. The fourth-order valence-electron chi connectivity index (χ4n) is 1.78. The zero-order valence-corrected chi connectivity index (χ0v) is 9.65. The summed E-state index contributed by atoms with van der Waals surface area (Å²) in [4.78, 5) is 21.1. The molecule has 0 saturated carbocycles. The molecular weight excluding hydrogens is 204 g/mol. The van der Waals surface area contributed by atoms with Crippen molar-refractivity contribution in [2.45, 2.75) is 13.3 Å². The van der Waals surface area contributed by atoms with Crippen LogP contribution in [0.3, 0.4) is 0 Å². The number of hydrogen-bond donors (Lipinski definition) is 0. The van der Waals surface area contributed by atoms with Crippen LogP contribution in [0.4, 0.5) is 0 Å². The Balaban J connectivity index is 2.19. The molecule has 0 radical (unpaired) electrons. The molecule has 2 rings (SSSR count).